The van der Waals surface area contributed by atoms with Crippen molar-refractivity contribution in [1.82, 2.24) is 4.57 Å². The summed E-state index contributed by atoms with van der Waals surface area (Å²) in [5.41, 5.74) is 2.02. The van der Waals surface area contributed by atoms with Crippen LogP contribution in [-0.2, 0) is 16.0 Å². The number of ketones is 1. The third kappa shape index (κ3) is 4.79. The van der Waals surface area contributed by atoms with Gasteiger partial charge in [0.15, 0.2) is 6.61 Å². The predicted octanol–water partition coefficient (Wildman–Crippen LogP) is 3.42. The molecule has 28 heavy (non-hydrogen) atoms. The number of esters is 1. The van der Waals surface area contributed by atoms with Crippen LogP contribution in [0.2, 0.25) is 0 Å². The molecular weight excluding hydrogens is 384 g/mol. The Labute approximate surface area is 167 Å². The molecule has 0 bridgehead atoms. The van der Waals surface area contributed by atoms with Crippen molar-refractivity contribution in [2.75, 3.05) is 26.6 Å². The van der Waals surface area contributed by atoms with Gasteiger partial charge in [0, 0.05) is 36.7 Å². The van der Waals surface area contributed by atoms with Crippen molar-refractivity contribution >= 4 is 29.2 Å². The number of thioether (sulfide) groups is 1. The Morgan fingerprint density at radius 2 is 1.96 bits per heavy atom. The van der Waals surface area contributed by atoms with Crippen molar-refractivity contribution in [3.05, 3.63) is 56.9 Å². The Morgan fingerprint density at radius 1 is 1.25 bits per heavy atom. The van der Waals surface area contributed by atoms with Gasteiger partial charge in [-0.05, 0) is 38.3 Å². The molecule has 0 aliphatic rings. The summed E-state index contributed by atoms with van der Waals surface area (Å²) in [4.78, 5) is 35.7. The first-order valence-electron chi connectivity index (χ1n) is 8.48. The van der Waals surface area contributed by atoms with Gasteiger partial charge in [-0.2, -0.15) is 0 Å². The standard InChI is InChI=1S/C19H22N2O6S/c1-12-9-15(13(2)20(12)7-8-26-3)17(22)11-27-19(23)14-5-6-18(28-4)16(10-14)21(24)25/h5-6,9-10H,7-8,11H2,1-4H3. The van der Waals surface area contributed by atoms with E-state index in [0.717, 1.165) is 17.5 Å². The SMILES string of the molecule is COCCn1c(C)cc(C(=O)COC(=O)c2ccc(SC)c([N+](=O)[O-])c2)c1C. The highest BCUT2D eigenvalue weighted by atomic mass is 32.2. The number of aryl methyl sites for hydroxylation is 1. The maximum atomic E-state index is 12.5. The van der Waals surface area contributed by atoms with E-state index in [2.05, 4.69) is 0 Å². The second-order valence-corrected chi connectivity index (χ2v) is 6.92. The second-order valence-electron chi connectivity index (χ2n) is 6.07. The summed E-state index contributed by atoms with van der Waals surface area (Å²) in [6.45, 7) is 4.40. The lowest BCUT2D eigenvalue weighted by Gasteiger charge is -2.09. The largest absolute Gasteiger partial charge is 0.454 e. The highest BCUT2D eigenvalue weighted by molar-refractivity contribution is 7.98. The first kappa shape index (κ1) is 21.6. The molecular formula is C19H22N2O6S. The van der Waals surface area contributed by atoms with Crippen LogP contribution >= 0.6 is 11.8 Å². The van der Waals surface area contributed by atoms with Gasteiger partial charge in [0.05, 0.1) is 22.0 Å². The number of benzene rings is 1. The van der Waals surface area contributed by atoms with Gasteiger partial charge in [-0.15, -0.1) is 11.8 Å². The fourth-order valence-electron chi connectivity index (χ4n) is 2.86. The lowest BCUT2D eigenvalue weighted by atomic mass is 10.1. The lowest BCUT2D eigenvalue weighted by Crippen LogP contribution is -2.15. The number of nitro benzene ring substituents is 1. The molecule has 0 unspecified atom stereocenters. The van der Waals surface area contributed by atoms with Gasteiger partial charge in [0.1, 0.15) is 0 Å². The minimum absolute atomic E-state index is 0.0304. The van der Waals surface area contributed by atoms with Crippen LogP contribution < -0.4 is 0 Å². The van der Waals surface area contributed by atoms with Crippen LogP contribution in [0.25, 0.3) is 0 Å². The van der Waals surface area contributed by atoms with E-state index in [0.29, 0.717) is 23.6 Å². The normalized spacial score (nSPS) is 10.7. The number of aromatic nitrogens is 1. The van der Waals surface area contributed by atoms with Crippen molar-refractivity contribution in [1.29, 1.82) is 0 Å². The number of ether oxygens (including phenoxy) is 2. The molecule has 1 aromatic carbocycles. The maximum Gasteiger partial charge on any atom is 0.338 e. The van der Waals surface area contributed by atoms with E-state index >= 15 is 0 Å². The first-order valence-corrected chi connectivity index (χ1v) is 9.71. The number of carbonyl (C=O) groups is 2. The molecule has 0 aliphatic heterocycles. The highest BCUT2D eigenvalue weighted by Gasteiger charge is 2.20. The smallest absolute Gasteiger partial charge is 0.338 e. The zero-order valence-electron chi connectivity index (χ0n) is 16.2. The number of hydrogen-bond acceptors (Lipinski definition) is 7. The molecule has 2 rings (SSSR count). The van der Waals surface area contributed by atoms with E-state index in [9.17, 15) is 19.7 Å². The second kappa shape index (κ2) is 9.52. The Bertz CT molecular complexity index is 906. The molecule has 1 heterocycles. The van der Waals surface area contributed by atoms with Gasteiger partial charge in [0.2, 0.25) is 5.78 Å². The van der Waals surface area contributed by atoms with Gasteiger partial charge in [-0.1, -0.05) is 0 Å². The first-order chi connectivity index (χ1) is 13.3. The average Bonchev–Trinajstić information content (AvgIpc) is 2.97. The summed E-state index contributed by atoms with van der Waals surface area (Å²) >= 11 is 1.21. The van der Waals surface area contributed by atoms with Crippen molar-refractivity contribution in [2.45, 2.75) is 25.3 Å². The highest BCUT2D eigenvalue weighted by Crippen LogP contribution is 2.28. The molecule has 0 amide bonds. The van der Waals surface area contributed by atoms with Crippen molar-refractivity contribution in [3.8, 4) is 0 Å². The molecule has 150 valence electrons. The van der Waals surface area contributed by atoms with Crippen LogP contribution in [-0.4, -0.2) is 47.8 Å². The van der Waals surface area contributed by atoms with Gasteiger partial charge in [0.25, 0.3) is 5.69 Å². The minimum Gasteiger partial charge on any atom is -0.454 e. The van der Waals surface area contributed by atoms with Crippen molar-refractivity contribution < 1.29 is 24.0 Å². The van der Waals surface area contributed by atoms with Gasteiger partial charge >= 0.3 is 5.97 Å². The minimum atomic E-state index is -0.780. The van der Waals surface area contributed by atoms with Crippen LogP contribution in [0, 0.1) is 24.0 Å². The van der Waals surface area contributed by atoms with Crippen molar-refractivity contribution in [2.24, 2.45) is 0 Å². The van der Waals surface area contributed by atoms with E-state index in [1.807, 2.05) is 18.4 Å². The molecule has 0 fully saturated rings. The van der Waals surface area contributed by atoms with Crippen LogP contribution in [0.4, 0.5) is 5.69 Å². The van der Waals surface area contributed by atoms with Gasteiger partial charge in [-0.3, -0.25) is 14.9 Å². The van der Waals surface area contributed by atoms with Crippen LogP contribution in [0.1, 0.15) is 32.1 Å². The molecule has 0 spiro atoms. The van der Waals surface area contributed by atoms with E-state index in [4.69, 9.17) is 9.47 Å². The monoisotopic (exact) mass is 406 g/mol. The Kier molecular flexibility index (Phi) is 7.36. The summed E-state index contributed by atoms with van der Waals surface area (Å²) in [7, 11) is 1.61. The zero-order chi connectivity index (χ0) is 20.8. The molecule has 0 saturated carbocycles. The van der Waals surface area contributed by atoms with Gasteiger partial charge < -0.3 is 14.0 Å². The molecule has 0 atom stereocenters. The summed E-state index contributed by atoms with van der Waals surface area (Å²) in [5.74, 6) is -1.11. The molecule has 0 saturated heterocycles. The van der Waals surface area contributed by atoms with Crippen LogP contribution in [0.15, 0.2) is 29.2 Å². The molecule has 2 aromatic rings. The fraction of sp³-hybridized carbons (Fsp3) is 0.368. The van der Waals surface area contributed by atoms with Crippen LogP contribution in [0.5, 0.6) is 0 Å². The number of rotatable bonds is 9. The van der Waals surface area contributed by atoms with E-state index in [-0.39, 0.29) is 17.0 Å². The number of Topliss-reactive ketones (excluding diaryl/α,β-unsaturated/α-hetero) is 1. The van der Waals surface area contributed by atoms with Crippen LogP contribution in [0.3, 0.4) is 0 Å². The average molecular weight is 406 g/mol. The third-order valence-corrected chi connectivity index (χ3v) is 5.12. The molecule has 9 heteroatoms. The fourth-order valence-corrected chi connectivity index (χ4v) is 3.41. The van der Waals surface area contributed by atoms with E-state index < -0.39 is 17.5 Å². The number of nitro groups is 1. The maximum absolute atomic E-state index is 12.5. The number of hydrogen-bond donors (Lipinski definition) is 0. The topological polar surface area (TPSA) is 101 Å². The Hall–Kier alpha value is -2.65. The summed E-state index contributed by atoms with van der Waals surface area (Å²) in [6, 6.07) is 5.85. The number of methoxy groups -OCH3 is 1. The summed E-state index contributed by atoms with van der Waals surface area (Å²) in [6.07, 6.45) is 1.71. The molecule has 0 N–H and O–H groups in total. The number of nitrogens with zero attached hydrogens (tertiary/aromatic N) is 2. The van der Waals surface area contributed by atoms with Gasteiger partial charge in [-0.25, -0.2) is 4.79 Å². The molecule has 0 aliphatic carbocycles. The molecule has 8 nitrogen and oxygen atoms in total. The summed E-state index contributed by atoms with van der Waals surface area (Å²) < 4.78 is 12.1. The quantitative estimate of drug-likeness (QED) is 0.207. The van der Waals surface area contributed by atoms with E-state index in [1.165, 1.54) is 23.9 Å². The zero-order valence-corrected chi connectivity index (χ0v) is 17.0. The van der Waals surface area contributed by atoms with Crippen molar-refractivity contribution in [3.63, 3.8) is 0 Å². The molecule has 1 aromatic heterocycles. The van der Waals surface area contributed by atoms with E-state index in [1.54, 1.807) is 19.4 Å². The predicted molar refractivity (Wildman–Crippen MR) is 105 cm³/mol. The lowest BCUT2D eigenvalue weighted by molar-refractivity contribution is -0.387. The Balaban J connectivity index is 2.10. The Morgan fingerprint density at radius 3 is 2.57 bits per heavy atom. The third-order valence-electron chi connectivity index (χ3n) is 4.34. The summed E-state index contributed by atoms with van der Waals surface area (Å²) in [5, 5.41) is 11.1. The molecule has 0 radical (unpaired) electrons. The number of carbonyl (C=O) groups excluding carboxylic acids is 2.